The molecule has 1 unspecified atom stereocenters. The van der Waals surface area contributed by atoms with Crippen LogP contribution in [-0.4, -0.2) is 30.6 Å². The van der Waals surface area contributed by atoms with Crippen molar-refractivity contribution in [1.29, 1.82) is 0 Å². The third-order valence-corrected chi connectivity index (χ3v) is 3.81. The van der Waals surface area contributed by atoms with Gasteiger partial charge in [-0.15, -0.1) is 0 Å². The largest absolute Gasteiger partial charge is 0.490 e. The second kappa shape index (κ2) is 6.99. The van der Waals surface area contributed by atoms with E-state index in [2.05, 4.69) is 12.0 Å². The van der Waals surface area contributed by atoms with E-state index in [9.17, 15) is 8.42 Å². The Labute approximate surface area is 113 Å². The third kappa shape index (κ3) is 5.73. The van der Waals surface area contributed by atoms with Crippen molar-refractivity contribution in [3.8, 4) is 5.75 Å². The minimum atomic E-state index is -3.47. The molecule has 1 heterocycles. The second-order valence-corrected chi connectivity index (χ2v) is 7.05. The molecule has 0 fully saturated rings. The van der Waals surface area contributed by atoms with Gasteiger partial charge in [-0.3, -0.25) is 4.68 Å². The van der Waals surface area contributed by atoms with Crippen molar-refractivity contribution < 1.29 is 13.2 Å². The number of aryl methyl sites for hydroxylation is 1. The van der Waals surface area contributed by atoms with Gasteiger partial charge < -0.3 is 4.74 Å². The summed E-state index contributed by atoms with van der Waals surface area (Å²) in [6, 6.07) is 0. The third-order valence-electron chi connectivity index (χ3n) is 2.56. The number of nitrogens with zero attached hydrogens (tertiary/aromatic N) is 2. The molecule has 7 heteroatoms. The molecule has 5 nitrogen and oxygen atoms in total. The van der Waals surface area contributed by atoms with E-state index in [1.807, 2.05) is 13.1 Å². The Kier molecular flexibility index (Phi) is 5.95. The van der Waals surface area contributed by atoms with Gasteiger partial charge in [-0.1, -0.05) is 13.8 Å². The molecule has 0 saturated heterocycles. The number of rotatable bonds is 8. The molecule has 1 rings (SSSR count). The summed E-state index contributed by atoms with van der Waals surface area (Å²) in [6.07, 6.45) is 5.15. The van der Waals surface area contributed by atoms with E-state index in [0.29, 0.717) is 18.8 Å². The van der Waals surface area contributed by atoms with Crippen LogP contribution in [0.3, 0.4) is 0 Å². The van der Waals surface area contributed by atoms with Crippen molar-refractivity contribution in [3.63, 3.8) is 0 Å². The Morgan fingerprint density at radius 2 is 2.22 bits per heavy atom. The Morgan fingerprint density at radius 1 is 1.50 bits per heavy atom. The van der Waals surface area contributed by atoms with E-state index in [1.54, 1.807) is 10.9 Å². The molecule has 1 atom stereocenters. The zero-order valence-corrected chi connectivity index (χ0v) is 12.2. The summed E-state index contributed by atoms with van der Waals surface area (Å²) in [5.41, 5.74) is 0. The van der Waals surface area contributed by atoms with Crippen LogP contribution in [0, 0.1) is 5.92 Å². The van der Waals surface area contributed by atoms with Crippen molar-refractivity contribution in [3.05, 3.63) is 12.4 Å². The summed E-state index contributed by atoms with van der Waals surface area (Å²) in [4.78, 5) is 0. The number of ether oxygens (including phenoxy) is 1. The van der Waals surface area contributed by atoms with E-state index >= 15 is 0 Å². The minimum Gasteiger partial charge on any atom is -0.490 e. The Bertz CT molecular complexity index is 459. The smallest absolute Gasteiger partial charge is 0.232 e. The van der Waals surface area contributed by atoms with Gasteiger partial charge >= 0.3 is 0 Å². The first-order chi connectivity index (χ1) is 8.44. The molecule has 0 aliphatic rings. The number of halogens is 1. The van der Waals surface area contributed by atoms with Gasteiger partial charge in [0.15, 0.2) is 5.75 Å². The maximum Gasteiger partial charge on any atom is 0.232 e. The molecule has 0 radical (unpaired) electrons. The lowest BCUT2D eigenvalue weighted by Gasteiger charge is -2.12. The van der Waals surface area contributed by atoms with E-state index < -0.39 is 9.05 Å². The van der Waals surface area contributed by atoms with Crippen molar-refractivity contribution in [2.75, 3.05) is 12.4 Å². The van der Waals surface area contributed by atoms with Crippen LogP contribution in [0.5, 0.6) is 5.75 Å². The van der Waals surface area contributed by atoms with Gasteiger partial charge in [0, 0.05) is 23.1 Å². The molecule has 0 aliphatic heterocycles. The maximum atomic E-state index is 11.0. The zero-order valence-electron chi connectivity index (χ0n) is 10.7. The molecular weight excluding hydrogens is 276 g/mol. The topological polar surface area (TPSA) is 61.2 Å². The second-order valence-electron chi connectivity index (χ2n) is 4.23. The highest BCUT2D eigenvalue weighted by molar-refractivity contribution is 8.13. The van der Waals surface area contributed by atoms with Crippen molar-refractivity contribution >= 4 is 19.7 Å². The monoisotopic (exact) mass is 294 g/mol. The molecule has 0 bridgehead atoms. The zero-order chi connectivity index (χ0) is 13.6. The predicted molar refractivity (Wildman–Crippen MR) is 71.4 cm³/mol. The van der Waals surface area contributed by atoms with Crippen LogP contribution in [0.15, 0.2) is 12.4 Å². The first kappa shape index (κ1) is 15.3. The molecule has 0 spiro atoms. The van der Waals surface area contributed by atoms with Crippen molar-refractivity contribution in [2.24, 2.45) is 5.92 Å². The molecule has 1 aromatic heterocycles. The summed E-state index contributed by atoms with van der Waals surface area (Å²) in [5.74, 6) is 0.504. The number of hydrogen-bond donors (Lipinski definition) is 0. The molecule has 104 valence electrons. The lowest BCUT2D eigenvalue weighted by atomic mass is 10.1. The fourth-order valence-corrected chi connectivity index (χ4v) is 2.98. The van der Waals surface area contributed by atoms with E-state index in [0.717, 1.165) is 13.0 Å². The first-order valence-electron chi connectivity index (χ1n) is 6.02. The van der Waals surface area contributed by atoms with Crippen LogP contribution in [0.4, 0.5) is 0 Å². The van der Waals surface area contributed by atoms with Gasteiger partial charge in [-0.25, -0.2) is 8.42 Å². The highest BCUT2D eigenvalue weighted by atomic mass is 35.7. The van der Waals surface area contributed by atoms with Crippen LogP contribution in [-0.2, 0) is 15.6 Å². The molecule has 0 N–H and O–H groups in total. The lowest BCUT2D eigenvalue weighted by Crippen LogP contribution is -2.18. The van der Waals surface area contributed by atoms with Crippen LogP contribution in [0.2, 0.25) is 0 Å². The fraction of sp³-hybridized carbons (Fsp3) is 0.727. The van der Waals surface area contributed by atoms with Crippen molar-refractivity contribution in [2.45, 2.75) is 33.2 Å². The summed E-state index contributed by atoms with van der Waals surface area (Å²) < 4.78 is 29.3. The standard InChI is InChI=1S/C11H19ClN2O3S/c1-3-5-14-7-11(6-13-14)17-8-10(4-2)9-18(12,15)16/h6-7,10H,3-5,8-9H2,1-2H3. The van der Waals surface area contributed by atoms with Gasteiger partial charge in [0.05, 0.1) is 24.8 Å². The maximum absolute atomic E-state index is 11.0. The fourth-order valence-electron chi connectivity index (χ4n) is 1.55. The van der Waals surface area contributed by atoms with Crippen LogP contribution < -0.4 is 4.74 Å². The van der Waals surface area contributed by atoms with Gasteiger partial charge in [0.1, 0.15) is 0 Å². The number of aromatic nitrogens is 2. The highest BCUT2D eigenvalue weighted by Crippen LogP contribution is 2.14. The van der Waals surface area contributed by atoms with Gasteiger partial charge in [-0.05, 0) is 12.8 Å². The summed E-state index contributed by atoms with van der Waals surface area (Å²) in [7, 11) is 1.76. The number of hydrogen-bond acceptors (Lipinski definition) is 4. The lowest BCUT2D eigenvalue weighted by molar-refractivity contribution is 0.257. The highest BCUT2D eigenvalue weighted by Gasteiger charge is 2.16. The molecular formula is C11H19ClN2O3S. The first-order valence-corrected chi connectivity index (χ1v) is 8.50. The van der Waals surface area contributed by atoms with E-state index in [-0.39, 0.29) is 11.7 Å². The van der Waals surface area contributed by atoms with Crippen LogP contribution in [0.1, 0.15) is 26.7 Å². The molecule has 1 aromatic rings. The quantitative estimate of drug-likeness (QED) is 0.690. The molecule has 18 heavy (non-hydrogen) atoms. The average molecular weight is 295 g/mol. The Hall–Kier alpha value is -0.750. The van der Waals surface area contributed by atoms with Crippen LogP contribution >= 0.6 is 10.7 Å². The average Bonchev–Trinajstić information content (AvgIpc) is 2.71. The summed E-state index contributed by atoms with van der Waals surface area (Å²) in [5, 5.41) is 4.13. The van der Waals surface area contributed by atoms with Gasteiger partial charge in [0.25, 0.3) is 0 Å². The minimum absolute atomic E-state index is 0.0614. The summed E-state index contributed by atoms with van der Waals surface area (Å²) >= 11 is 0. The van der Waals surface area contributed by atoms with Crippen LogP contribution in [0.25, 0.3) is 0 Å². The molecule has 0 saturated carbocycles. The predicted octanol–water partition coefficient (Wildman–Crippen LogP) is 2.27. The SMILES string of the molecule is CCCn1cc(OCC(CC)CS(=O)(=O)Cl)cn1. The van der Waals surface area contributed by atoms with E-state index in [1.165, 1.54) is 0 Å². The van der Waals surface area contributed by atoms with E-state index in [4.69, 9.17) is 15.4 Å². The van der Waals surface area contributed by atoms with Gasteiger partial charge in [0.2, 0.25) is 9.05 Å². The Balaban J connectivity index is 2.46. The molecule has 0 aromatic carbocycles. The normalized spacial score (nSPS) is 13.5. The Morgan fingerprint density at radius 3 is 2.78 bits per heavy atom. The summed E-state index contributed by atoms with van der Waals surface area (Å²) in [6.45, 7) is 5.16. The molecule has 0 amide bonds. The molecule has 0 aliphatic carbocycles. The van der Waals surface area contributed by atoms with Crippen molar-refractivity contribution in [1.82, 2.24) is 9.78 Å². The van der Waals surface area contributed by atoms with Gasteiger partial charge in [-0.2, -0.15) is 5.10 Å².